The van der Waals surface area contributed by atoms with Gasteiger partial charge < -0.3 is 10.2 Å². The fraction of sp³-hybridized carbons (Fsp3) is 0.556. The van der Waals surface area contributed by atoms with Crippen LogP contribution in [0.2, 0.25) is 0 Å². The van der Waals surface area contributed by atoms with Crippen LogP contribution in [0.3, 0.4) is 0 Å². The smallest absolute Gasteiger partial charge is 0.277 e. The highest BCUT2D eigenvalue weighted by molar-refractivity contribution is 5.85. The summed E-state index contributed by atoms with van der Waals surface area (Å²) in [6.07, 6.45) is 3.65. The zero-order valence-corrected chi connectivity index (χ0v) is 15.5. The lowest BCUT2D eigenvalue weighted by Crippen LogP contribution is -2.44. The predicted octanol–water partition coefficient (Wildman–Crippen LogP) is 1.21. The maximum Gasteiger partial charge on any atom is 0.277 e. The summed E-state index contributed by atoms with van der Waals surface area (Å²) < 4.78 is 1.30. The van der Waals surface area contributed by atoms with Crippen molar-refractivity contribution in [3.63, 3.8) is 0 Å². The van der Waals surface area contributed by atoms with Crippen LogP contribution in [-0.2, 0) is 11.3 Å². The SMILES string of the molecule is Cl.O=C(CCn1nnc2ccccc2c1=O)N1CCC2(CCNC2)CC1. The monoisotopic (exact) mass is 377 g/mol. The number of nitrogens with zero attached hydrogens (tertiary/aromatic N) is 4. The van der Waals surface area contributed by atoms with Crippen LogP contribution in [0.4, 0.5) is 0 Å². The average Bonchev–Trinajstić information content (AvgIpc) is 3.10. The van der Waals surface area contributed by atoms with Crippen molar-refractivity contribution in [3.05, 3.63) is 34.6 Å². The Morgan fingerprint density at radius 2 is 1.96 bits per heavy atom. The van der Waals surface area contributed by atoms with Crippen LogP contribution in [0.5, 0.6) is 0 Å². The quantitative estimate of drug-likeness (QED) is 0.869. The lowest BCUT2D eigenvalue weighted by Gasteiger charge is -2.38. The van der Waals surface area contributed by atoms with E-state index in [-0.39, 0.29) is 36.8 Å². The first-order valence-corrected chi connectivity index (χ1v) is 8.98. The van der Waals surface area contributed by atoms with E-state index in [0.717, 1.165) is 39.0 Å². The maximum absolute atomic E-state index is 12.5. The molecule has 0 bridgehead atoms. The van der Waals surface area contributed by atoms with Gasteiger partial charge in [-0.3, -0.25) is 9.59 Å². The Balaban J connectivity index is 0.00000196. The third kappa shape index (κ3) is 3.59. The molecule has 2 saturated heterocycles. The first kappa shape index (κ1) is 18.8. The van der Waals surface area contributed by atoms with E-state index in [1.807, 2.05) is 17.0 Å². The third-order valence-corrected chi connectivity index (χ3v) is 5.68. The Hall–Kier alpha value is -1.99. The summed E-state index contributed by atoms with van der Waals surface area (Å²) in [5.74, 6) is 0.0997. The van der Waals surface area contributed by atoms with Gasteiger partial charge in [-0.05, 0) is 43.4 Å². The molecule has 1 aromatic heterocycles. The standard InChI is InChI=1S/C18H23N5O2.ClH/c24-16(22-11-7-18(8-12-22)6-9-19-13-18)5-10-23-17(25)14-3-1-2-4-15(14)20-21-23;/h1-4,19H,5-13H2;1H. The number of halogens is 1. The van der Waals surface area contributed by atoms with E-state index in [2.05, 4.69) is 15.6 Å². The van der Waals surface area contributed by atoms with Gasteiger partial charge in [-0.25, -0.2) is 4.68 Å². The number of likely N-dealkylation sites (tertiary alicyclic amines) is 1. The van der Waals surface area contributed by atoms with E-state index < -0.39 is 0 Å². The fourth-order valence-electron chi connectivity index (χ4n) is 3.98. The Kier molecular flexibility index (Phi) is 5.58. The number of nitrogens with one attached hydrogen (secondary N) is 1. The van der Waals surface area contributed by atoms with Crippen LogP contribution in [0.1, 0.15) is 25.7 Å². The first-order chi connectivity index (χ1) is 12.2. The van der Waals surface area contributed by atoms with E-state index in [4.69, 9.17) is 0 Å². The van der Waals surface area contributed by atoms with Crippen LogP contribution in [0.15, 0.2) is 29.1 Å². The van der Waals surface area contributed by atoms with Gasteiger partial charge in [0, 0.05) is 26.1 Å². The molecule has 140 valence electrons. The second-order valence-corrected chi connectivity index (χ2v) is 7.19. The molecule has 26 heavy (non-hydrogen) atoms. The van der Waals surface area contributed by atoms with Crippen LogP contribution in [0.25, 0.3) is 10.9 Å². The number of carbonyl (C=O) groups excluding carboxylic acids is 1. The van der Waals surface area contributed by atoms with Gasteiger partial charge in [0.2, 0.25) is 5.91 Å². The molecule has 8 heteroatoms. The number of benzene rings is 1. The number of carbonyl (C=O) groups is 1. The Labute approximate surface area is 158 Å². The number of aromatic nitrogens is 3. The summed E-state index contributed by atoms with van der Waals surface area (Å²) in [5, 5.41) is 12.0. The highest BCUT2D eigenvalue weighted by Crippen LogP contribution is 2.36. The summed E-state index contributed by atoms with van der Waals surface area (Å²) in [4.78, 5) is 26.8. The van der Waals surface area contributed by atoms with Crippen molar-refractivity contribution in [1.82, 2.24) is 25.2 Å². The van der Waals surface area contributed by atoms with Gasteiger partial charge in [-0.1, -0.05) is 17.3 Å². The molecule has 4 rings (SSSR count). The van der Waals surface area contributed by atoms with Crippen molar-refractivity contribution in [3.8, 4) is 0 Å². The Morgan fingerprint density at radius 1 is 1.19 bits per heavy atom. The van der Waals surface area contributed by atoms with E-state index in [1.54, 1.807) is 12.1 Å². The number of aryl methyl sites for hydroxylation is 1. The number of hydrogen-bond acceptors (Lipinski definition) is 5. The normalized spacial score (nSPS) is 18.8. The molecule has 0 aliphatic carbocycles. The molecule has 0 saturated carbocycles. The molecule has 1 N–H and O–H groups in total. The molecule has 2 fully saturated rings. The zero-order chi connectivity index (χ0) is 17.3. The van der Waals surface area contributed by atoms with Crippen molar-refractivity contribution >= 4 is 29.2 Å². The summed E-state index contributed by atoms with van der Waals surface area (Å²) in [7, 11) is 0. The Bertz CT molecular complexity index is 837. The number of hydrogen-bond donors (Lipinski definition) is 1. The van der Waals surface area contributed by atoms with Crippen molar-refractivity contribution in [2.24, 2.45) is 5.41 Å². The molecule has 2 aliphatic heterocycles. The number of rotatable bonds is 3. The molecule has 0 radical (unpaired) electrons. The highest BCUT2D eigenvalue weighted by Gasteiger charge is 2.37. The molecule has 1 spiro atoms. The zero-order valence-electron chi connectivity index (χ0n) is 14.7. The van der Waals surface area contributed by atoms with Crippen LogP contribution in [0, 0.1) is 5.41 Å². The van der Waals surface area contributed by atoms with Gasteiger partial charge in [-0.15, -0.1) is 17.5 Å². The number of fused-ring (bicyclic) bond motifs is 1. The van der Waals surface area contributed by atoms with Gasteiger partial charge in [0.1, 0.15) is 5.52 Å². The van der Waals surface area contributed by atoms with Crippen molar-refractivity contribution in [1.29, 1.82) is 0 Å². The highest BCUT2D eigenvalue weighted by atomic mass is 35.5. The number of piperidine rings is 1. The average molecular weight is 378 g/mol. The second kappa shape index (κ2) is 7.72. The molecule has 7 nitrogen and oxygen atoms in total. The molecule has 1 aromatic carbocycles. The fourth-order valence-corrected chi connectivity index (χ4v) is 3.98. The summed E-state index contributed by atoms with van der Waals surface area (Å²) in [5.41, 5.74) is 0.798. The van der Waals surface area contributed by atoms with E-state index in [0.29, 0.717) is 16.3 Å². The summed E-state index contributed by atoms with van der Waals surface area (Å²) >= 11 is 0. The summed E-state index contributed by atoms with van der Waals surface area (Å²) in [6, 6.07) is 7.14. The molecular weight excluding hydrogens is 354 g/mol. The lowest BCUT2D eigenvalue weighted by molar-refractivity contribution is -0.133. The predicted molar refractivity (Wildman–Crippen MR) is 101 cm³/mol. The largest absolute Gasteiger partial charge is 0.343 e. The van der Waals surface area contributed by atoms with E-state index in [9.17, 15) is 9.59 Å². The first-order valence-electron chi connectivity index (χ1n) is 8.98. The topological polar surface area (TPSA) is 80.1 Å². The molecule has 0 unspecified atom stereocenters. The van der Waals surface area contributed by atoms with Crippen LogP contribution >= 0.6 is 12.4 Å². The molecule has 0 atom stereocenters. The molecule has 2 aromatic rings. The minimum absolute atomic E-state index is 0. The third-order valence-electron chi connectivity index (χ3n) is 5.68. The lowest BCUT2D eigenvalue weighted by atomic mass is 9.78. The molecular formula is C18H24ClN5O2. The van der Waals surface area contributed by atoms with E-state index >= 15 is 0 Å². The van der Waals surface area contributed by atoms with Crippen molar-refractivity contribution in [2.75, 3.05) is 26.2 Å². The van der Waals surface area contributed by atoms with Gasteiger partial charge in [0.25, 0.3) is 5.56 Å². The van der Waals surface area contributed by atoms with Gasteiger partial charge >= 0.3 is 0 Å². The van der Waals surface area contributed by atoms with Crippen molar-refractivity contribution in [2.45, 2.75) is 32.2 Å². The summed E-state index contributed by atoms with van der Waals surface area (Å²) in [6.45, 7) is 4.09. The maximum atomic E-state index is 12.5. The van der Waals surface area contributed by atoms with Crippen LogP contribution < -0.4 is 10.9 Å². The molecule has 1 amide bonds. The van der Waals surface area contributed by atoms with Crippen LogP contribution in [-0.4, -0.2) is 52.0 Å². The minimum Gasteiger partial charge on any atom is -0.343 e. The Morgan fingerprint density at radius 3 is 2.69 bits per heavy atom. The van der Waals surface area contributed by atoms with Gasteiger partial charge in [0.05, 0.1) is 11.9 Å². The molecule has 2 aliphatic rings. The van der Waals surface area contributed by atoms with Gasteiger partial charge in [-0.2, -0.15) is 0 Å². The molecule has 3 heterocycles. The number of amides is 1. The van der Waals surface area contributed by atoms with Crippen molar-refractivity contribution < 1.29 is 4.79 Å². The van der Waals surface area contributed by atoms with E-state index in [1.165, 1.54) is 11.1 Å². The second-order valence-electron chi connectivity index (χ2n) is 7.19. The minimum atomic E-state index is -0.187. The van der Waals surface area contributed by atoms with Gasteiger partial charge in [0.15, 0.2) is 0 Å².